The third kappa shape index (κ3) is 4.93. The molecule has 1 atom stereocenters. The smallest absolute Gasteiger partial charge is 0.379 e. The van der Waals surface area contributed by atoms with Crippen LogP contribution in [0.2, 0.25) is 0 Å². The van der Waals surface area contributed by atoms with Crippen molar-refractivity contribution in [2.75, 3.05) is 34.8 Å². The van der Waals surface area contributed by atoms with Crippen LogP contribution >= 0.6 is 0 Å². The van der Waals surface area contributed by atoms with Crippen LogP contribution in [0, 0.1) is 0 Å². The van der Waals surface area contributed by atoms with Crippen LogP contribution in [0.5, 0.6) is 0 Å². The molecule has 1 aromatic carbocycles. The molecular weight excluding hydrogens is 523 g/mol. The van der Waals surface area contributed by atoms with Gasteiger partial charge < -0.3 is 15.3 Å². The van der Waals surface area contributed by atoms with E-state index in [1.54, 1.807) is 0 Å². The van der Waals surface area contributed by atoms with Crippen molar-refractivity contribution in [2.24, 2.45) is 0 Å². The largest absolute Gasteiger partial charge is 0.418 e. The van der Waals surface area contributed by atoms with Gasteiger partial charge in [0.25, 0.3) is 6.43 Å². The molecule has 2 aromatic heterocycles. The summed E-state index contributed by atoms with van der Waals surface area (Å²) in [7, 11) is -3.13. The highest BCUT2D eigenvalue weighted by atomic mass is 32.2. The highest BCUT2D eigenvalue weighted by Crippen LogP contribution is 2.40. The molecule has 9 nitrogen and oxygen atoms in total. The minimum absolute atomic E-state index is 0.0249. The van der Waals surface area contributed by atoms with Crippen molar-refractivity contribution < 1.29 is 35.5 Å². The maximum absolute atomic E-state index is 13.5. The molecule has 0 aliphatic carbocycles. The average molecular weight is 547 g/mol. The normalized spacial score (nSPS) is 22.7. The third-order valence-corrected chi connectivity index (χ3v) is 8.45. The lowest BCUT2D eigenvalue weighted by Gasteiger charge is -2.27. The summed E-state index contributed by atoms with van der Waals surface area (Å²) in [6, 6.07) is 5.16. The molecule has 5 rings (SSSR count). The number of aromatic nitrogens is 4. The molecule has 2 fully saturated rings. The second-order valence-corrected chi connectivity index (χ2v) is 11.6. The van der Waals surface area contributed by atoms with Crippen LogP contribution in [0.3, 0.4) is 0 Å². The number of sulfone groups is 1. The summed E-state index contributed by atoms with van der Waals surface area (Å²) in [5, 5.41) is 17.8. The minimum Gasteiger partial charge on any atom is -0.379 e. The third-order valence-electron chi connectivity index (χ3n) is 6.74. The van der Waals surface area contributed by atoms with Crippen molar-refractivity contribution in [1.29, 1.82) is 0 Å². The zero-order chi connectivity index (χ0) is 26.6. The van der Waals surface area contributed by atoms with Gasteiger partial charge in [0.1, 0.15) is 15.7 Å². The Labute approximate surface area is 208 Å². The Hall–Kier alpha value is -3.07. The number of benzene rings is 1. The quantitative estimate of drug-likeness (QED) is 0.469. The maximum atomic E-state index is 13.5. The van der Waals surface area contributed by atoms with Crippen LogP contribution in [0.15, 0.2) is 30.5 Å². The number of nitrogens with zero attached hydrogens (tertiary/aromatic N) is 5. The summed E-state index contributed by atoms with van der Waals surface area (Å²) in [4.78, 5) is 10.2. The van der Waals surface area contributed by atoms with E-state index in [9.17, 15) is 35.5 Å². The summed E-state index contributed by atoms with van der Waals surface area (Å²) in [6.07, 6.45) is -6.20. The predicted octanol–water partition coefficient (Wildman–Crippen LogP) is 3.25. The van der Waals surface area contributed by atoms with Crippen molar-refractivity contribution in [2.45, 2.75) is 43.5 Å². The van der Waals surface area contributed by atoms with E-state index in [0.717, 1.165) is 0 Å². The van der Waals surface area contributed by atoms with Gasteiger partial charge in [0.2, 0.25) is 5.95 Å². The fourth-order valence-electron chi connectivity index (χ4n) is 4.60. The van der Waals surface area contributed by atoms with Crippen LogP contribution in [0.1, 0.15) is 31.3 Å². The number of hydrogen-bond donors (Lipinski definition) is 2. The topological polar surface area (TPSA) is 113 Å². The Morgan fingerprint density at radius 3 is 2.54 bits per heavy atom. The van der Waals surface area contributed by atoms with Gasteiger partial charge in [-0.1, -0.05) is 12.1 Å². The van der Waals surface area contributed by atoms with Gasteiger partial charge in [0.15, 0.2) is 11.2 Å². The van der Waals surface area contributed by atoms with Crippen LogP contribution in [-0.2, 0) is 9.84 Å². The second kappa shape index (κ2) is 9.04. The van der Waals surface area contributed by atoms with Gasteiger partial charge in [0.05, 0.1) is 35.3 Å². The second-order valence-electron chi connectivity index (χ2n) is 9.33. The molecule has 4 heterocycles. The first-order valence-corrected chi connectivity index (χ1v) is 13.3. The van der Waals surface area contributed by atoms with Crippen LogP contribution in [0.25, 0.3) is 16.7 Å². The summed E-state index contributed by atoms with van der Waals surface area (Å²) in [6.45, 7) is -0.898. The number of fused-ring (bicyclic) bond motifs is 1. The van der Waals surface area contributed by atoms with Crippen LogP contribution in [0.4, 0.5) is 33.7 Å². The zero-order valence-electron chi connectivity index (χ0n) is 19.3. The Morgan fingerprint density at radius 1 is 1.16 bits per heavy atom. The fourth-order valence-corrected chi connectivity index (χ4v) is 6.09. The molecule has 2 N–H and O–H groups in total. The first kappa shape index (κ1) is 25.6. The van der Waals surface area contributed by atoms with Gasteiger partial charge in [-0.3, -0.25) is 0 Å². The lowest BCUT2D eigenvalue weighted by Crippen LogP contribution is -2.47. The number of nitrogens with one attached hydrogen (secondary N) is 1. The van der Waals surface area contributed by atoms with Crippen molar-refractivity contribution in [1.82, 2.24) is 19.7 Å². The van der Waals surface area contributed by atoms with E-state index in [2.05, 4.69) is 20.4 Å². The van der Waals surface area contributed by atoms with Crippen molar-refractivity contribution in [3.63, 3.8) is 0 Å². The van der Waals surface area contributed by atoms with Gasteiger partial charge in [-0.05, 0) is 25.0 Å². The molecule has 1 unspecified atom stereocenters. The molecule has 0 radical (unpaired) electrons. The van der Waals surface area contributed by atoms with Crippen LogP contribution < -0.4 is 10.2 Å². The predicted molar refractivity (Wildman–Crippen MR) is 125 cm³/mol. The standard InChI is InChI=1S/C22H23F5N6O3S/c23-17(24)13-2-1-3-15(10-13)33-19-16(11-28-33)18(32-7-6-21(34,12-32)22(25,26)27)30-20(31-19)29-14-4-8-37(35,36)9-5-14/h1-3,10-11,14,17,34H,4-9,12H2,(H,29,30,31). The van der Waals surface area contributed by atoms with E-state index in [4.69, 9.17) is 0 Å². The van der Waals surface area contributed by atoms with E-state index in [-0.39, 0.29) is 58.1 Å². The molecule has 3 aromatic rings. The van der Waals surface area contributed by atoms with E-state index in [1.165, 1.54) is 40.0 Å². The number of anilines is 2. The molecule has 15 heteroatoms. The Kier molecular flexibility index (Phi) is 6.25. The number of β-amino-alcohol motifs (C(OH)–C–C–N with tert-alkyl or cyclic N) is 1. The molecule has 200 valence electrons. The molecule has 0 bridgehead atoms. The van der Waals surface area contributed by atoms with Crippen molar-refractivity contribution >= 4 is 32.6 Å². The number of rotatable bonds is 5. The van der Waals surface area contributed by atoms with Gasteiger partial charge >= 0.3 is 6.18 Å². The molecule has 37 heavy (non-hydrogen) atoms. The van der Waals surface area contributed by atoms with Gasteiger partial charge in [0, 0.05) is 24.6 Å². The van der Waals surface area contributed by atoms with Crippen LogP contribution in [-0.4, -0.2) is 75.7 Å². The summed E-state index contributed by atoms with van der Waals surface area (Å²) in [5.74, 6) is 0.0690. The maximum Gasteiger partial charge on any atom is 0.418 e. The first-order chi connectivity index (χ1) is 17.4. The van der Waals surface area contributed by atoms with E-state index < -0.39 is 41.0 Å². The number of halogens is 5. The van der Waals surface area contributed by atoms with E-state index in [0.29, 0.717) is 12.8 Å². The Bertz CT molecular complexity index is 1420. The molecule has 0 spiro atoms. The molecule has 0 amide bonds. The number of alkyl halides is 5. The Balaban J connectivity index is 1.57. The van der Waals surface area contributed by atoms with Gasteiger partial charge in [-0.15, -0.1) is 0 Å². The highest BCUT2D eigenvalue weighted by molar-refractivity contribution is 7.91. The lowest BCUT2D eigenvalue weighted by molar-refractivity contribution is -0.250. The highest BCUT2D eigenvalue weighted by Gasteiger charge is 2.57. The summed E-state index contributed by atoms with van der Waals surface area (Å²) < 4.78 is 91.9. The van der Waals surface area contributed by atoms with E-state index in [1.807, 2.05) is 0 Å². The average Bonchev–Trinajstić information content (AvgIpc) is 3.44. The SMILES string of the molecule is O=S1(=O)CCC(Nc2nc(N3CCC(O)(C(F)(F)F)C3)c3cnn(-c4cccc(C(F)F)c4)c3n2)CC1. The first-order valence-electron chi connectivity index (χ1n) is 11.5. The van der Waals surface area contributed by atoms with Crippen molar-refractivity contribution in [3.05, 3.63) is 36.0 Å². The monoisotopic (exact) mass is 546 g/mol. The van der Waals surface area contributed by atoms with Gasteiger partial charge in [-0.2, -0.15) is 28.2 Å². The molecule has 0 saturated carbocycles. The molecule has 2 saturated heterocycles. The lowest BCUT2D eigenvalue weighted by atomic mass is 10.0. The fraction of sp³-hybridized carbons (Fsp3) is 0.500. The van der Waals surface area contributed by atoms with E-state index >= 15 is 0 Å². The summed E-state index contributed by atoms with van der Waals surface area (Å²) in [5.41, 5.74) is -2.74. The summed E-state index contributed by atoms with van der Waals surface area (Å²) >= 11 is 0. The Morgan fingerprint density at radius 2 is 1.89 bits per heavy atom. The molecule has 2 aliphatic heterocycles. The number of aliphatic hydroxyl groups is 1. The van der Waals surface area contributed by atoms with Crippen molar-refractivity contribution in [3.8, 4) is 5.69 Å². The molecular formula is C22H23F5N6O3S. The minimum atomic E-state index is -4.84. The molecule has 2 aliphatic rings. The number of hydrogen-bond acceptors (Lipinski definition) is 8. The van der Waals surface area contributed by atoms with Gasteiger partial charge in [-0.25, -0.2) is 21.9 Å². The zero-order valence-corrected chi connectivity index (χ0v) is 20.1.